The van der Waals surface area contributed by atoms with Gasteiger partial charge in [-0.25, -0.2) is 4.79 Å². The first-order valence-corrected chi connectivity index (χ1v) is 11.7. The third kappa shape index (κ3) is 8.76. The fourth-order valence-corrected chi connectivity index (χ4v) is 3.82. The molecule has 0 saturated heterocycles. The molecule has 0 saturated carbocycles. The number of ether oxygens (including phenoxy) is 2. The summed E-state index contributed by atoms with van der Waals surface area (Å²) >= 11 is 0. The Bertz CT molecular complexity index is 1070. The Labute approximate surface area is 192 Å². The van der Waals surface area contributed by atoms with E-state index in [4.69, 9.17) is 14.0 Å². The highest BCUT2D eigenvalue weighted by Crippen LogP contribution is 2.21. The lowest BCUT2D eigenvalue weighted by Crippen LogP contribution is -2.22. The molecule has 0 spiro atoms. The van der Waals surface area contributed by atoms with Gasteiger partial charge < -0.3 is 19.6 Å². The monoisotopic (exact) mass is 477 g/mol. The van der Waals surface area contributed by atoms with E-state index in [9.17, 15) is 22.8 Å². The number of hydrogen-bond acceptors (Lipinski definition) is 7. The van der Waals surface area contributed by atoms with Gasteiger partial charge in [0, 0.05) is 25.6 Å². The van der Waals surface area contributed by atoms with Crippen LogP contribution in [0.4, 0.5) is 5.69 Å². The van der Waals surface area contributed by atoms with Gasteiger partial charge in [0.25, 0.3) is 10.1 Å². The molecule has 2 aromatic rings. The van der Waals surface area contributed by atoms with Crippen molar-refractivity contribution in [3.8, 4) is 0 Å². The molecular weight excluding hydrogens is 450 g/mol. The standard InChI is InChI=1S/C23H27NO8S/c1-16(25)13-17(11-12-32-23(27)22(31-2)18-7-4-3-5-8-18)14-21(26)24-19-9-6-10-20(15-19)33(28,29)30/h3-10,15,17,22H,11-14H2,1-2H3,(H,24,26)(H,28,29,30). The van der Waals surface area contributed by atoms with Gasteiger partial charge >= 0.3 is 5.97 Å². The first-order chi connectivity index (χ1) is 15.6. The van der Waals surface area contributed by atoms with Crippen LogP contribution < -0.4 is 5.32 Å². The lowest BCUT2D eigenvalue weighted by atomic mass is 9.95. The first kappa shape index (κ1) is 26.2. The van der Waals surface area contributed by atoms with Crippen LogP contribution in [0.5, 0.6) is 0 Å². The molecule has 0 radical (unpaired) electrons. The summed E-state index contributed by atoms with van der Waals surface area (Å²) in [5.41, 5.74) is 0.839. The van der Waals surface area contributed by atoms with Crippen molar-refractivity contribution in [2.24, 2.45) is 5.92 Å². The predicted molar refractivity (Wildman–Crippen MR) is 120 cm³/mol. The van der Waals surface area contributed by atoms with Crippen molar-refractivity contribution in [1.82, 2.24) is 0 Å². The third-order valence-electron chi connectivity index (χ3n) is 4.79. The number of rotatable bonds is 12. The molecule has 0 aliphatic carbocycles. The number of ketones is 1. The van der Waals surface area contributed by atoms with Crippen LogP contribution in [0.2, 0.25) is 0 Å². The minimum Gasteiger partial charge on any atom is -0.463 e. The van der Waals surface area contributed by atoms with E-state index in [0.717, 1.165) is 6.07 Å². The van der Waals surface area contributed by atoms with Gasteiger partial charge in [-0.3, -0.25) is 9.35 Å². The topological polar surface area (TPSA) is 136 Å². The minimum atomic E-state index is -4.40. The molecule has 2 atom stereocenters. The molecule has 33 heavy (non-hydrogen) atoms. The number of nitrogens with one attached hydrogen (secondary N) is 1. The Morgan fingerprint density at radius 3 is 2.33 bits per heavy atom. The number of hydrogen-bond donors (Lipinski definition) is 2. The predicted octanol–water partition coefficient (Wildman–Crippen LogP) is 3.18. The molecule has 9 nitrogen and oxygen atoms in total. The van der Waals surface area contributed by atoms with Crippen LogP contribution in [0.25, 0.3) is 0 Å². The van der Waals surface area contributed by atoms with Crippen LogP contribution in [-0.2, 0) is 34.0 Å². The van der Waals surface area contributed by atoms with Gasteiger partial charge in [-0.15, -0.1) is 0 Å². The van der Waals surface area contributed by atoms with E-state index in [0.29, 0.717) is 5.56 Å². The Morgan fingerprint density at radius 2 is 1.73 bits per heavy atom. The number of amides is 1. The number of Topliss-reactive ketones (excluding diaryl/α,β-unsaturated/α-hetero) is 1. The quantitative estimate of drug-likeness (QED) is 0.351. The molecule has 2 unspecified atom stereocenters. The molecule has 0 heterocycles. The average molecular weight is 478 g/mol. The van der Waals surface area contributed by atoms with Crippen molar-refractivity contribution in [3.05, 3.63) is 60.2 Å². The Balaban J connectivity index is 1.94. The average Bonchev–Trinajstić information content (AvgIpc) is 2.74. The molecule has 1 amide bonds. The molecule has 2 rings (SSSR count). The van der Waals surface area contributed by atoms with Crippen molar-refractivity contribution in [1.29, 1.82) is 0 Å². The highest BCUT2D eigenvalue weighted by atomic mass is 32.2. The smallest absolute Gasteiger partial charge is 0.339 e. The number of carbonyl (C=O) groups is 3. The molecule has 178 valence electrons. The molecule has 0 aromatic heterocycles. The van der Waals surface area contributed by atoms with E-state index in [1.807, 2.05) is 6.07 Å². The summed E-state index contributed by atoms with van der Waals surface area (Å²) in [4.78, 5) is 36.1. The van der Waals surface area contributed by atoms with Crippen LogP contribution in [-0.4, -0.2) is 44.3 Å². The zero-order chi connectivity index (χ0) is 24.4. The van der Waals surface area contributed by atoms with Crippen LogP contribution in [0.1, 0.15) is 37.9 Å². The normalized spacial score (nSPS) is 13.1. The lowest BCUT2D eigenvalue weighted by Gasteiger charge is -2.18. The summed E-state index contributed by atoms with van der Waals surface area (Å²) in [7, 11) is -3.00. The number of anilines is 1. The van der Waals surface area contributed by atoms with E-state index in [1.54, 1.807) is 24.3 Å². The van der Waals surface area contributed by atoms with Crippen LogP contribution in [0.3, 0.4) is 0 Å². The molecule has 10 heteroatoms. The maximum atomic E-state index is 12.4. The van der Waals surface area contributed by atoms with E-state index in [-0.39, 0.29) is 42.2 Å². The summed E-state index contributed by atoms with van der Waals surface area (Å²) in [5.74, 6) is -1.53. The van der Waals surface area contributed by atoms with E-state index in [1.165, 1.54) is 32.2 Å². The summed E-state index contributed by atoms with van der Waals surface area (Å²) in [5, 5.41) is 2.55. The Hall–Kier alpha value is -3.08. The number of benzene rings is 2. The largest absolute Gasteiger partial charge is 0.463 e. The molecular formula is C23H27NO8S. The highest BCUT2D eigenvalue weighted by Gasteiger charge is 2.23. The highest BCUT2D eigenvalue weighted by molar-refractivity contribution is 7.85. The molecule has 0 fully saturated rings. The van der Waals surface area contributed by atoms with Crippen LogP contribution >= 0.6 is 0 Å². The zero-order valence-corrected chi connectivity index (χ0v) is 19.2. The maximum absolute atomic E-state index is 12.4. The van der Waals surface area contributed by atoms with Crippen molar-refractivity contribution in [2.45, 2.75) is 37.2 Å². The van der Waals surface area contributed by atoms with Crippen LogP contribution in [0, 0.1) is 5.92 Å². The van der Waals surface area contributed by atoms with Gasteiger partial charge in [-0.2, -0.15) is 8.42 Å². The zero-order valence-electron chi connectivity index (χ0n) is 18.4. The van der Waals surface area contributed by atoms with Gasteiger partial charge in [0.2, 0.25) is 5.91 Å². The minimum absolute atomic E-state index is 0.00497. The maximum Gasteiger partial charge on any atom is 0.339 e. The van der Waals surface area contributed by atoms with Gasteiger partial charge in [0.1, 0.15) is 5.78 Å². The van der Waals surface area contributed by atoms with E-state index >= 15 is 0 Å². The van der Waals surface area contributed by atoms with E-state index < -0.39 is 34.0 Å². The second-order valence-corrected chi connectivity index (χ2v) is 8.93. The summed E-state index contributed by atoms with van der Waals surface area (Å²) < 4.78 is 42.2. The molecule has 0 aliphatic heterocycles. The van der Waals surface area contributed by atoms with Gasteiger partial charge in [0.05, 0.1) is 11.5 Å². The second-order valence-electron chi connectivity index (χ2n) is 7.51. The number of carbonyl (C=O) groups excluding carboxylic acids is 3. The molecule has 0 bridgehead atoms. The van der Waals surface area contributed by atoms with Crippen molar-refractivity contribution >= 4 is 33.5 Å². The van der Waals surface area contributed by atoms with Gasteiger partial charge in [-0.1, -0.05) is 36.4 Å². The fraction of sp³-hybridized carbons (Fsp3) is 0.348. The van der Waals surface area contributed by atoms with Crippen molar-refractivity contribution < 1.29 is 36.8 Å². The summed E-state index contributed by atoms with van der Waals surface area (Å²) in [6.45, 7) is 1.40. The summed E-state index contributed by atoms with van der Waals surface area (Å²) in [6.07, 6.45) is -0.535. The van der Waals surface area contributed by atoms with Crippen molar-refractivity contribution in [2.75, 3.05) is 19.0 Å². The Kier molecular flexibility index (Phi) is 9.71. The lowest BCUT2D eigenvalue weighted by molar-refractivity contribution is -0.156. The Morgan fingerprint density at radius 1 is 1.03 bits per heavy atom. The third-order valence-corrected chi connectivity index (χ3v) is 5.64. The summed E-state index contributed by atoms with van der Waals surface area (Å²) in [6, 6.07) is 14.0. The molecule has 2 aromatic carbocycles. The second kappa shape index (κ2) is 12.2. The molecule has 0 aliphatic rings. The fourth-order valence-electron chi connectivity index (χ4n) is 3.29. The molecule has 2 N–H and O–H groups in total. The first-order valence-electron chi connectivity index (χ1n) is 10.2. The number of esters is 1. The van der Waals surface area contributed by atoms with Gasteiger partial charge in [-0.05, 0) is 43.0 Å². The van der Waals surface area contributed by atoms with Gasteiger partial charge in [0.15, 0.2) is 6.10 Å². The van der Waals surface area contributed by atoms with E-state index in [2.05, 4.69) is 5.32 Å². The van der Waals surface area contributed by atoms with Crippen molar-refractivity contribution in [3.63, 3.8) is 0 Å². The number of methoxy groups -OCH3 is 1. The van der Waals surface area contributed by atoms with Crippen LogP contribution in [0.15, 0.2) is 59.5 Å². The SMILES string of the molecule is COC(C(=O)OCCC(CC(C)=O)CC(=O)Nc1cccc(S(=O)(=O)O)c1)c1ccccc1.